The van der Waals surface area contributed by atoms with Crippen molar-refractivity contribution in [3.05, 3.63) is 29.8 Å². The Kier molecular flexibility index (Phi) is 29.3. The summed E-state index contributed by atoms with van der Waals surface area (Å²) in [5.74, 6) is -2.72. The first-order chi connectivity index (χ1) is 26.6. The van der Waals surface area contributed by atoms with Crippen LogP contribution in [0.25, 0.3) is 0 Å². The van der Waals surface area contributed by atoms with E-state index in [4.69, 9.17) is 28.8 Å². The molecule has 0 radical (unpaired) electrons. The van der Waals surface area contributed by atoms with Crippen molar-refractivity contribution in [2.24, 2.45) is 0 Å². The summed E-state index contributed by atoms with van der Waals surface area (Å²) in [6.45, 7) is 4.57. The van der Waals surface area contributed by atoms with Gasteiger partial charge in [0.25, 0.3) is 0 Å². The van der Waals surface area contributed by atoms with Gasteiger partial charge in [0.2, 0.25) is 23.6 Å². The first-order valence-electron chi connectivity index (χ1n) is 19.2. The highest BCUT2D eigenvalue weighted by atomic mass is 16.5. The van der Waals surface area contributed by atoms with Gasteiger partial charge in [0.05, 0.1) is 51.8 Å². The molecule has 55 heavy (non-hydrogen) atoms. The predicted octanol–water partition coefficient (Wildman–Crippen LogP) is 2.45. The lowest BCUT2D eigenvalue weighted by molar-refractivity contribution is -0.143. The second-order valence-corrected chi connectivity index (χ2v) is 12.6. The number of carbonyl (C=O) groups is 6. The van der Waals surface area contributed by atoms with Crippen molar-refractivity contribution in [2.75, 3.05) is 79.1 Å². The molecule has 0 aliphatic carbocycles. The minimum absolute atomic E-state index is 0.00674. The summed E-state index contributed by atoms with van der Waals surface area (Å²) in [6.07, 6.45) is 9.29. The SMILES string of the molecule is CCCCNC(=O)CCC(NC(=O)COCCOCCNC(=O)COCCOCCNC(=O)CCCCCCCCCOc1ccc(C(=O)O)cc1)C(=O)O. The van der Waals surface area contributed by atoms with E-state index in [2.05, 4.69) is 21.3 Å². The summed E-state index contributed by atoms with van der Waals surface area (Å²) in [5.41, 5.74) is 0.238. The van der Waals surface area contributed by atoms with Crippen molar-refractivity contribution in [2.45, 2.75) is 90.0 Å². The van der Waals surface area contributed by atoms with Crippen molar-refractivity contribution in [1.29, 1.82) is 0 Å². The van der Waals surface area contributed by atoms with Crippen LogP contribution in [0.2, 0.25) is 0 Å². The second kappa shape index (κ2) is 33.1. The maximum absolute atomic E-state index is 12.0. The predicted molar refractivity (Wildman–Crippen MR) is 202 cm³/mol. The van der Waals surface area contributed by atoms with Crippen LogP contribution in [0.15, 0.2) is 24.3 Å². The molecule has 0 saturated carbocycles. The zero-order valence-corrected chi connectivity index (χ0v) is 32.2. The number of aliphatic carboxylic acids is 1. The normalized spacial score (nSPS) is 11.4. The summed E-state index contributed by atoms with van der Waals surface area (Å²) >= 11 is 0. The van der Waals surface area contributed by atoms with E-state index in [-0.39, 0.29) is 88.9 Å². The Morgan fingerprint density at radius 2 is 1.09 bits per heavy atom. The molecule has 1 atom stereocenters. The number of unbranched alkanes of at least 4 members (excludes halogenated alkanes) is 7. The fourth-order valence-electron chi connectivity index (χ4n) is 4.85. The van der Waals surface area contributed by atoms with Crippen molar-refractivity contribution in [1.82, 2.24) is 21.3 Å². The highest BCUT2D eigenvalue weighted by molar-refractivity contribution is 5.87. The zero-order chi connectivity index (χ0) is 40.4. The van der Waals surface area contributed by atoms with E-state index in [0.29, 0.717) is 38.5 Å². The number of hydrogen-bond acceptors (Lipinski definition) is 11. The van der Waals surface area contributed by atoms with Gasteiger partial charge >= 0.3 is 11.9 Å². The molecule has 17 nitrogen and oxygen atoms in total. The molecule has 4 amide bonds. The second-order valence-electron chi connectivity index (χ2n) is 12.6. The van der Waals surface area contributed by atoms with Crippen LogP contribution in [-0.4, -0.2) is 131 Å². The zero-order valence-electron chi connectivity index (χ0n) is 32.2. The third-order valence-electron chi connectivity index (χ3n) is 7.91. The van der Waals surface area contributed by atoms with Crippen LogP contribution < -0.4 is 26.0 Å². The third-order valence-corrected chi connectivity index (χ3v) is 7.91. The molecule has 0 heterocycles. The van der Waals surface area contributed by atoms with Crippen LogP contribution in [0.3, 0.4) is 0 Å². The number of carboxylic acids is 2. The fraction of sp³-hybridized carbons (Fsp3) is 0.684. The molecule has 312 valence electrons. The van der Waals surface area contributed by atoms with E-state index in [1.54, 1.807) is 12.1 Å². The van der Waals surface area contributed by atoms with Gasteiger partial charge in [-0.1, -0.05) is 45.4 Å². The van der Waals surface area contributed by atoms with Crippen LogP contribution in [0.1, 0.15) is 94.3 Å². The average molecular weight is 783 g/mol. The molecule has 0 aromatic heterocycles. The molecule has 0 aliphatic heterocycles. The molecule has 0 fully saturated rings. The molecule has 1 unspecified atom stereocenters. The monoisotopic (exact) mass is 782 g/mol. The number of aromatic carboxylic acids is 1. The minimum Gasteiger partial charge on any atom is -0.494 e. The van der Waals surface area contributed by atoms with Gasteiger partial charge in [0, 0.05) is 32.5 Å². The number of amides is 4. The van der Waals surface area contributed by atoms with Crippen molar-refractivity contribution < 1.29 is 62.7 Å². The van der Waals surface area contributed by atoms with Crippen LogP contribution >= 0.6 is 0 Å². The molecular formula is C38H62N4O13. The van der Waals surface area contributed by atoms with E-state index in [1.165, 1.54) is 12.1 Å². The van der Waals surface area contributed by atoms with E-state index in [9.17, 15) is 33.9 Å². The summed E-state index contributed by atoms with van der Waals surface area (Å²) in [5, 5.41) is 28.7. The Bertz CT molecular complexity index is 1230. The molecule has 0 bridgehead atoms. The first kappa shape index (κ1) is 48.7. The Balaban J connectivity index is 1.86. The molecule has 0 spiro atoms. The maximum Gasteiger partial charge on any atom is 0.335 e. The van der Waals surface area contributed by atoms with E-state index >= 15 is 0 Å². The largest absolute Gasteiger partial charge is 0.494 e. The number of nitrogens with one attached hydrogen (secondary N) is 4. The molecule has 1 aromatic rings. The lowest BCUT2D eigenvalue weighted by atomic mass is 10.1. The quantitative estimate of drug-likeness (QED) is 0.0538. The van der Waals surface area contributed by atoms with Crippen molar-refractivity contribution in [3.8, 4) is 5.75 Å². The molecule has 6 N–H and O–H groups in total. The standard InChI is InChI=1S/C38H62N4O13/c1-2-3-18-39-34(44)17-16-32(38(49)50)42-36(46)29-54-27-25-52-23-20-41-35(45)28-53-26-24-51-22-19-40-33(43)11-9-7-5-4-6-8-10-21-55-31-14-12-30(13-15-31)37(47)48/h12-15,32H,2-11,16-29H2,1H3,(H,39,44)(H,40,43)(H,41,45)(H,42,46)(H,47,48)(H,49,50). The third kappa shape index (κ3) is 28.7. The molecule has 1 aromatic carbocycles. The Hall–Kier alpha value is -4.32. The molecule has 0 saturated heterocycles. The van der Waals surface area contributed by atoms with Crippen LogP contribution in [0.5, 0.6) is 5.75 Å². The van der Waals surface area contributed by atoms with E-state index < -0.39 is 23.9 Å². The highest BCUT2D eigenvalue weighted by Crippen LogP contribution is 2.14. The Labute approximate surface area is 323 Å². The van der Waals surface area contributed by atoms with Gasteiger partial charge in [0.15, 0.2) is 0 Å². The molecule has 1 rings (SSSR count). The fourth-order valence-corrected chi connectivity index (χ4v) is 4.85. The summed E-state index contributed by atoms with van der Waals surface area (Å²) in [4.78, 5) is 69.9. The summed E-state index contributed by atoms with van der Waals surface area (Å²) in [7, 11) is 0. The van der Waals surface area contributed by atoms with Gasteiger partial charge in [-0.25, -0.2) is 9.59 Å². The lowest BCUT2D eigenvalue weighted by Crippen LogP contribution is -2.43. The van der Waals surface area contributed by atoms with Gasteiger partial charge in [0.1, 0.15) is 25.0 Å². The van der Waals surface area contributed by atoms with Crippen LogP contribution in [0.4, 0.5) is 0 Å². The maximum atomic E-state index is 12.0. The van der Waals surface area contributed by atoms with Gasteiger partial charge in [-0.3, -0.25) is 19.2 Å². The van der Waals surface area contributed by atoms with Crippen molar-refractivity contribution in [3.63, 3.8) is 0 Å². The van der Waals surface area contributed by atoms with Gasteiger partial charge in [-0.15, -0.1) is 0 Å². The number of benzene rings is 1. The topological polar surface area (TPSA) is 237 Å². The Morgan fingerprint density at radius 3 is 1.69 bits per heavy atom. The van der Waals surface area contributed by atoms with Gasteiger partial charge in [-0.2, -0.15) is 0 Å². The molecule has 17 heteroatoms. The average Bonchev–Trinajstić information content (AvgIpc) is 3.16. The number of ether oxygens (including phenoxy) is 5. The smallest absolute Gasteiger partial charge is 0.335 e. The summed E-state index contributed by atoms with van der Waals surface area (Å²) < 4.78 is 26.9. The number of carbonyl (C=O) groups excluding carboxylic acids is 4. The number of rotatable bonds is 36. The van der Waals surface area contributed by atoms with Gasteiger partial charge < -0.3 is 55.2 Å². The highest BCUT2D eigenvalue weighted by Gasteiger charge is 2.21. The Morgan fingerprint density at radius 1 is 0.564 bits per heavy atom. The summed E-state index contributed by atoms with van der Waals surface area (Å²) in [6, 6.07) is 5.20. The molecule has 0 aliphatic rings. The van der Waals surface area contributed by atoms with E-state index in [0.717, 1.165) is 57.8 Å². The number of hydrogen-bond donors (Lipinski definition) is 6. The first-order valence-corrected chi connectivity index (χ1v) is 19.2. The van der Waals surface area contributed by atoms with E-state index in [1.807, 2.05) is 6.92 Å². The van der Waals surface area contributed by atoms with Crippen LogP contribution in [0, 0.1) is 0 Å². The van der Waals surface area contributed by atoms with Gasteiger partial charge in [-0.05, 0) is 49.9 Å². The molecular weight excluding hydrogens is 720 g/mol. The van der Waals surface area contributed by atoms with Crippen molar-refractivity contribution >= 4 is 35.6 Å². The van der Waals surface area contributed by atoms with Crippen LogP contribution in [-0.2, 0) is 42.9 Å². The lowest BCUT2D eigenvalue weighted by Gasteiger charge is -2.14. The number of carboxylic acid groups (broad SMARTS) is 2. The minimum atomic E-state index is -1.23.